The minimum Gasteiger partial charge on any atom is -0.253 e. The Morgan fingerprint density at radius 2 is 2.23 bits per heavy atom. The first kappa shape index (κ1) is 8.51. The number of nitrogens with zero attached hydrogens (tertiary/aromatic N) is 1. The Bertz CT molecular complexity index is 468. The molecule has 0 atom stereocenters. The van der Waals surface area contributed by atoms with Crippen molar-refractivity contribution in [2.75, 3.05) is 0 Å². The van der Waals surface area contributed by atoms with Crippen molar-refractivity contribution in [2.45, 2.75) is 11.8 Å². The second-order valence-corrected chi connectivity index (χ2v) is 3.38. The summed E-state index contributed by atoms with van der Waals surface area (Å²) < 4.78 is 13.5. The molecule has 0 fully saturated rings. The van der Waals surface area contributed by atoms with Gasteiger partial charge in [0.15, 0.2) is 5.82 Å². The van der Waals surface area contributed by atoms with Gasteiger partial charge in [0.05, 0.1) is 0 Å². The van der Waals surface area contributed by atoms with Crippen LogP contribution in [0.15, 0.2) is 29.3 Å². The first-order valence-electron chi connectivity index (χ1n) is 3.93. The van der Waals surface area contributed by atoms with E-state index in [2.05, 4.69) is 17.6 Å². The quantitative estimate of drug-likeness (QED) is 0.635. The van der Waals surface area contributed by atoms with Crippen LogP contribution in [-0.2, 0) is 0 Å². The standard InChI is InChI=1S/C10H8FNS/c1-6-5-7-3-2-4-12-9(7)8(11)10(6)13/h2-5,13H,1H3. The fourth-order valence-electron chi connectivity index (χ4n) is 1.30. The number of pyridine rings is 1. The van der Waals surface area contributed by atoms with Gasteiger partial charge in [0, 0.05) is 16.5 Å². The summed E-state index contributed by atoms with van der Waals surface area (Å²) in [6.07, 6.45) is 1.58. The molecule has 2 rings (SSSR count). The highest BCUT2D eigenvalue weighted by molar-refractivity contribution is 7.80. The molecule has 0 N–H and O–H groups in total. The molecule has 0 unspecified atom stereocenters. The SMILES string of the molecule is Cc1cc2cccnc2c(F)c1S. The number of rotatable bonds is 0. The lowest BCUT2D eigenvalue weighted by molar-refractivity contribution is 0.610. The van der Waals surface area contributed by atoms with E-state index >= 15 is 0 Å². The van der Waals surface area contributed by atoms with Gasteiger partial charge in [0.25, 0.3) is 0 Å². The number of thiol groups is 1. The molecule has 0 bridgehead atoms. The van der Waals surface area contributed by atoms with E-state index in [1.807, 2.05) is 19.1 Å². The van der Waals surface area contributed by atoms with Gasteiger partial charge in [-0.05, 0) is 24.6 Å². The predicted octanol–water partition coefficient (Wildman–Crippen LogP) is 2.97. The molecular formula is C10H8FNS. The van der Waals surface area contributed by atoms with Crippen LogP contribution in [0.2, 0.25) is 0 Å². The summed E-state index contributed by atoms with van der Waals surface area (Å²) >= 11 is 4.07. The maximum Gasteiger partial charge on any atom is 0.162 e. The predicted molar refractivity (Wildman–Crippen MR) is 53.7 cm³/mol. The van der Waals surface area contributed by atoms with Gasteiger partial charge >= 0.3 is 0 Å². The van der Waals surface area contributed by atoms with Crippen molar-refractivity contribution < 1.29 is 4.39 Å². The fourth-order valence-corrected chi connectivity index (χ4v) is 1.47. The third-order valence-corrected chi connectivity index (χ3v) is 2.55. The van der Waals surface area contributed by atoms with Crippen LogP contribution >= 0.6 is 12.6 Å². The minimum absolute atomic E-state index is 0.334. The lowest BCUT2D eigenvalue weighted by Crippen LogP contribution is -1.88. The Morgan fingerprint density at radius 3 is 3.00 bits per heavy atom. The Hall–Kier alpha value is -1.09. The van der Waals surface area contributed by atoms with Crippen molar-refractivity contribution in [3.8, 4) is 0 Å². The molecular weight excluding hydrogens is 185 g/mol. The summed E-state index contributed by atoms with van der Waals surface area (Å²) in [5.74, 6) is -0.334. The molecule has 1 aromatic carbocycles. The van der Waals surface area contributed by atoms with Crippen molar-refractivity contribution >= 4 is 23.5 Å². The van der Waals surface area contributed by atoms with E-state index in [1.54, 1.807) is 12.3 Å². The highest BCUT2D eigenvalue weighted by Crippen LogP contribution is 2.24. The fraction of sp³-hybridized carbons (Fsp3) is 0.100. The lowest BCUT2D eigenvalue weighted by Gasteiger charge is -2.03. The summed E-state index contributed by atoms with van der Waals surface area (Å²) in [7, 11) is 0. The van der Waals surface area contributed by atoms with E-state index in [0.29, 0.717) is 10.4 Å². The smallest absolute Gasteiger partial charge is 0.162 e. The summed E-state index contributed by atoms with van der Waals surface area (Å²) in [6.45, 7) is 1.83. The van der Waals surface area contributed by atoms with Crippen LogP contribution in [0.25, 0.3) is 10.9 Å². The van der Waals surface area contributed by atoms with Gasteiger partial charge in [0.2, 0.25) is 0 Å². The van der Waals surface area contributed by atoms with Crippen molar-refractivity contribution in [1.29, 1.82) is 0 Å². The van der Waals surface area contributed by atoms with Gasteiger partial charge in [-0.1, -0.05) is 6.07 Å². The number of hydrogen-bond acceptors (Lipinski definition) is 2. The van der Waals surface area contributed by atoms with Crippen molar-refractivity contribution in [2.24, 2.45) is 0 Å². The van der Waals surface area contributed by atoms with Crippen LogP contribution in [0, 0.1) is 12.7 Å². The van der Waals surface area contributed by atoms with Gasteiger partial charge in [-0.15, -0.1) is 12.6 Å². The molecule has 13 heavy (non-hydrogen) atoms. The molecule has 0 aliphatic rings. The van der Waals surface area contributed by atoms with Crippen molar-refractivity contribution in [3.63, 3.8) is 0 Å². The average molecular weight is 193 g/mol. The molecule has 66 valence electrons. The highest BCUT2D eigenvalue weighted by Gasteiger charge is 2.07. The van der Waals surface area contributed by atoms with Crippen LogP contribution in [0.3, 0.4) is 0 Å². The minimum atomic E-state index is -0.334. The molecule has 2 aromatic rings. The molecule has 0 amide bonds. The zero-order valence-electron chi connectivity index (χ0n) is 7.08. The molecule has 0 aliphatic carbocycles. The molecule has 0 aliphatic heterocycles. The van der Waals surface area contributed by atoms with E-state index < -0.39 is 0 Å². The number of halogens is 1. The Balaban J connectivity index is 2.94. The second kappa shape index (κ2) is 3.00. The van der Waals surface area contributed by atoms with Gasteiger partial charge in [-0.2, -0.15) is 0 Å². The number of aromatic nitrogens is 1. The maximum absolute atomic E-state index is 13.5. The maximum atomic E-state index is 13.5. The third-order valence-electron chi connectivity index (χ3n) is 2.00. The van der Waals surface area contributed by atoms with Crippen molar-refractivity contribution in [3.05, 3.63) is 35.8 Å². The molecule has 1 nitrogen and oxygen atoms in total. The average Bonchev–Trinajstić information content (AvgIpc) is 2.15. The second-order valence-electron chi connectivity index (χ2n) is 2.93. The summed E-state index contributed by atoms with van der Waals surface area (Å²) in [5.41, 5.74) is 1.22. The van der Waals surface area contributed by atoms with Crippen LogP contribution in [0.1, 0.15) is 5.56 Å². The van der Waals surface area contributed by atoms with Crippen LogP contribution in [0.4, 0.5) is 4.39 Å². The summed E-state index contributed by atoms with van der Waals surface area (Å²) in [5, 5.41) is 0.815. The highest BCUT2D eigenvalue weighted by atomic mass is 32.1. The summed E-state index contributed by atoms with van der Waals surface area (Å²) in [6, 6.07) is 5.51. The third kappa shape index (κ3) is 1.29. The van der Waals surface area contributed by atoms with Crippen molar-refractivity contribution in [1.82, 2.24) is 4.98 Å². The molecule has 0 saturated carbocycles. The monoisotopic (exact) mass is 193 g/mol. The Labute approximate surface area is 81.0 Å². The topological polar surface area (TPSA) is 12.9 Å². The van der Waals surface area contributed by atoms with Gasteiger partial charge in [-0.25, -0.2) is 4.39 Å². The largest absolute Gasteiger partial charge is 0.253 e. The van der Waals surface area contributed by atoms with Crippen LogP contribution < -0.4 is 0 Å². The molecule has 0 saturated heterocycles. The molecule has 0 radical (unpaired) electrons. The molecule has 3 heteroatoms. The van der Waals surface area contributed by atoms with Gasteiger partial charge < -0.3 is 0 Å². The molecule has 1 aromatic heterocycles. The zero-order valence-corrected chi connectivity index (χ0v) is 7.98. The van der Waals surface area contributed by atoms with Crippen LogP contribution in [-0.4, -0.2) is 4.98 Å². The molecule has 1 heterocycles. The molecule has 0 spiro atoms. The van der Waals surface area contributed by atoms with E-state index in [0.717, 1.165) is 10.9 Å². The van der Waals surface area contributed by atoms with Gasteiger partial charge in [0.1, 0.15) is 5.52 Å². The Kier molecular flexibility index (Phi) is 1.96. The van der Waals surface area contributed by atoms with E-state index in [-0.39, 0.29) is 5.82 Å². The van der Waals surface area contributed by atoms with Gasteiger partial charge in [-0.3, -0.25) is 4.98 Å². The lowest BCUT2D eigenvalue weighted by atomic mass is 10.1. The van der Waals surface area contributed by atoms with E-state index in [1.165, 1.54) is 0 Å². The number of hydrogen-bond donors (Lipinski definition) is 1. The first-order chi connectivity index (χ1) is 6.20. The number of benzene rings is 1. The zero-order chi connectivity index (χ0) is 9.42. The Morgan fingerprint density at radius 1 is 1.46 bits per heavy atom. The number of aryl methyl sites for hydroxylation is 1. The number of fused-ring (bicyclic) bond motifs is 1. The van der Waals surface area contributed by atoms with E-state index in [9.17, 15) is 4.39 Å². The summed E-state index contributed by atoms with van der Waals surface area (Å²) in [4.78, 5) is 4.34. The van der Waals surface area contributed by atoms with E-state index in [4.69, 9.17) is 0 Å². The first-order valence-corrected chi connectivity index (χ1v) is 4.37. The van der Waals surface area contributed by atoms with Crippen LogP contribution in [0.5, 0.6) is 0 Å². The normalized spacial score (nSPS) is 10.7.